The molecule has 0 radical (unpaired) electrons. The fourth-order valence-corrected chi connectivity index (χ4v) is 4.79. The van der Waals surface area contributed by atoms with Crippen LogP contribution < -0.4 is 4.90 Å². The van der Waals surface area contributed by atoms with Gasteiger partial charge in [0.2, 0.25) is 0 Å². The van der Waals surface area contributed by atoms with Crippen molar-refractivity contribution in [3.05, 3.63) is 39.8 Å². The number of anilines is 1. The Bertz CT molecular complexity index is 1300. The Hall–Kier alpha value is -3.72. The number of esters is 1. The predicted octanol–water partition coefficient (Wildman–Crippen LogP) is 5.33. The molecule has 12 nitrogen and oxygen atoms in total. The van der Waals surface area contributed by atoms with Crippen LogP contribution in [0, 0.1) is 36.5 Å². The van der Waals surface area contributed by atoms with E-state index in [-0.39, 0.29) is 32.1 Å². The number of nitriles is 2. The minimum atomic E-state index is -0.406. The van der Waals surface area contributed by atoms with Crippen LogP contribution >= 0.6 is 11.3 Å². The van der Waals surface area contributed by atoms with Gasteiger partial charge in [0.15, 0.2) is 5.00 Å². The second-order valence-electron chi connectivity index (χ2n) is 9.79. The lowest BCUT2D eigenvalue weighted by molar-refractivity contribution is -0.145. The number of aldehydes is 1. The van der Waals surface area contributed by atoms with Gasteiger partial charge in [0.25, 0.3) is 0 Å². The lowest BCUT2D eigenvalue weighted by Crippen LogP contribution is -2.34. The second-order valence-corrected chi connectivity index (χ2v) is 10.8. The Morgan fingerprint density at radius 2 is 1.55 bits per heavy atom. The third-order valence-electron chi connectivity index (χ3n) is 6.28. The summed E-state index contributed by atoms with van der Waals surface area (Å²) in [5.41, 5.74) is 3.71. The zero-order valence-electron chi connectivity index (χ0n) is 25.9. The first kappa shape index (κ1) is 36.5. The Morgan fingerprint density at radius 3 is 2.09 bits per heavy atom. The van der Waals surface area contributed by atoms with E-state index in [4.69, 9.17) is 23.7 Å². The van der Waals surface area contributed by atoms with Crippen molar-refractivity contribution in [3.63, 3.8) is 0 Å². The lowest BCUT2D eigenvalue weighted by atomic mass is 10.1. The zero-order chi connectivity index (χ0) is 32.2. The van der Waals surface area contributed by atoms with E-state index < -0.39 is 5.97 Å². The first-order valence-corrected chi connectivity index (χ1v) is 15.3. The zero-order valence-corrected chi connectivity index (χ0v) is 26.7. The van der Waals surface area contributed by atoms with Gasteiger partial charge >= 0.3 is 5.97 Å². The number of thiophene rings is 1. The van der Waals surface area contributed by atoms with Crippen molar-refractivity contribution in [1.29, 1.82) is 10.5 Å². The molecule has 2 rings (SSSR count). The molecule has 44 heavy (non-hydrogen) atoms. The van der Waals surface area contributed by atoms with Crippen LogP contribution in [0.1, 0.15) is 48.3 Å². The number of aryl methyl sites for hydroxylation is 1. The highest BCUT2D eigenvalue weighted by Crippen LogP contribution is 2.36. The molecule has 1 aromatic heterocycles. The van der Waals surface area contributed by atoms with E-state index in [1.54, 1.807) is 6.92 Å². The summed E-state index contributed by atoms with van der Waals surface area (Å²) in [5.74, 6) is -0.406. The van der Waals surface area contributed by atoms with E-state index in [0.29, 0.717) is 85.8 Å². The van der Waals surface area contributed by atoms with Crippen molar-refractivity contribution in [3.8, 4) is 12.1 Å². The van der Waals surface area contributed by atoms with Gasteiger partial charge in [0.1, 0.15) is 29.9 Å². The molecule has 13 heteroatoms. The molecule has 0 N–H and O–H groups in total. The summed E-state index contributed by atoms with van der Waals surface area (Å²) in [6.07, 6.45) is 0.944. The van der Waals surface area contributed by atoms with Crippen molar-refractivity contribution in [2.24, 2.45) is 10.2 Å². The average molecular weight is 628 g/mol. The molecule has 0 bridgehead atoms. The molecular weight excluding hydrogens is 586 g/mol. The van der Waals surface area contributed by atoms with Crippen LogP contribution in [-0.4, -0.2) is 84.3 Å². The van der Waals surface area contributed by atoms with Crippen LogP contribution in [0.2, 0.25) is 0 Å². The number of rotatable bonds is 22. The normalized spacial score (nSPS) is 11.1. The standard InChI is InChI=1S/C31H41N5O7S/c1-23(2)36(9-11-39-12-13-40-14-15-41-16-17-42-18-19-43-30(38)6-5-10-37)26-7-8-28(24(3)20-26)34-35-31-27(21-32)25(4)29(22-33)44-31/h7-8,10,20,23H,5-6,9,11-19H2,1-4H3/b35-34+. The Morgan fingerprint density at radius 1 is 0.932 bits per heavy atom. The van der Waals surface area contributed by atoms with Gasteiger partial charge in [0, 0.05) is 24.7 Å². The van der Waals surface area contributed by atoms with Crippen molar-refractivity contribution < 1.29 is 33.3 Å². The van der Waals surface area contributed by atoms with Crippen LogP contribution in [0.15, 0.2) is 28.4 Å². The van der Waals surface area contributed by atoms with Crippen molar-refractivity contribution >= 4 is 40.0 Å². The maximum Gasteiger partial charge on any atom is 0.306 e. The molecule has 0 saturated heterocycles. The van der Waals surface area contributed by atoms with Crippen molar-refractivity contribution in [2.75, 3.05) is 70.9 Å². The van der Waals surface area contributed by atoms with Gasteiger partial charge in [-0.2, -0.15) is 10.5 Å². The number of hydrogen-bond acceptors (Lipinski definition) is 13. The van der Waals surface area contributed by atoms with Crippen molar-refractivity contribution in [1.82, 2.24) is 0 Å². The van der Waals surface area contributed by atoms with Crippen LogP contribution in [0.25, 0.3) is 0 Å². The molecule has 0 spiro atoms. The molecule has 1 aromatic carbocycles. The first-order valence-electron chi connectivity index (χ1n) is 14.4. The fraction of sp³-hybridized carbons (Fsp3) is 0.548. The van der Waals surface area contributed by atoms with E-state index in [1.807, 2.05) is 19.1 Å². The van der Waals surface area contributed by atoms with Crippen LogP contribution in [0.4, 0.5) is 16.4 Å². The largest absolute Gasteiger partial charge is 0.463 e. The molecule has 0 fully saturated rings. The number of carbonyl (C=O) groups is 2. The number of azo groups is 1. The van der Waals surface area contributed by atoms with E-state index in [0.717, 1.165) is 11.3 Å². The maximum absolute atomic E-state index is 11.2. The van der Waals surface area contributed by atoms with Crippen LogP contribution in [-0.2, 0) is 33.3 Å². The van der Waals surface area contributed by atoms with Gasteiger partial charge in [0.05, 0.1) is 70.5 Å². The van der Waals surface area contributed by atoms with E-state index in [1.165, 1.54) is 11.3 Å². The molecule has 0 unspecified atom stereocenters. The minimum absolute atomic E-state index is 0.0920. The van der Waals surface area contributed by atoms with Gasteiger partial charge < -0.3 is 33.4 Å². The Balaban J connectivity index is 1.63. The molecule has 238 valence electrons. The first-order chi connectivity index (χ1) is 21.3. The third kappa shape index (κ3) is 12.9. The average Bonchev–Trinajstić information content (AvgIpc) is 3.32. The Kier molecular flexibility index (Phi) is 17.5. The number of hydrogen-bond donors (Lipinski definition) is 0. The molecular formula is C31H41N5O7S. The molecule has 0 aliphatic carbocycles. The summed E-state index contributed by atoms with van der Waals surface area (Å²) in [5, 5.41) is 27.7. The van der Waals surface area contributed by atoms with Gasteiger partial charge in [-0.15, -0.1) is 21.6 Å². The number of benzene rings is 1. The van der Waals surface area contributed by atoms with Crippen molar-refractivity contribution in [2.45, 2.75) is 46.6 Å². The SMILES string of the molecule is Cc1cc(N(CCOCCOCCOCCOCCOC(=O)CCC=O)C(C)C)ccc1/N=N/c1sc(C#N)c(C)c1C#N. The summed E-state index contributed by atoms with van der Waals surface area (Å²) < 4.78 is 27.0. The highest BCUT2D eigenvalue weighted by atomic mass is 32.1. The highest BCUT2D eigenvalue weighted by molar-refractivity contribution is 7.16. The quantitative estimate of drug-likeness (QED) is 0.0724. The van der Waals surface area contributed by atoms with Crippen LogP contribution in [0.5, 0.6) is 0 Å². The summed E-state index contributed by atoms with van der Waals surface area (Å²) in [4.78, 5) is 24.2. The van der Waals surface area contributed by atoms with E-state index in [9.17, 15) is 20.1 Å². The minimum Gasteiger partial charge on any atom is -0.463 e. The smallest absolute Gasteiger partial charge is 0.306 e. The molecule has 0 atom stereocenters. The van der Waals surface area contributed by atoms with Gasteiger partial charge in [-0.3, -0.25) is 4.79 Å². The number of nitrogens with zero attached hydrogens (tertiary/aromatic N) is 5. The number of carbonyl (C=O) groups excluding carboxylic acids is 2. The summed E-state index contributed by atoms with van der Waals surface area (Å²) in [6.45, 7) is 12.2. The fourth-order valence-electron chi connectivity index (χ4n) is 3.91. The molecule has 0 saturated carbocycles. The monoisotopic (exact) mass is 627 g/mol. The van der Waals surface area contributed by atoms with E-state index in [2.05, 4.69) is 47.2 Å². The lowest BCUT2D eigenvalue weighted by Gasteiger charge is -2.29. The molecule has 0 aliphatic rings. The molecule has 0 aliphatic heterocycles. The Labute approximate surface area is 263 Å². The summed E-state index contributed by atoms with van der Waals surface area (Å²) >= 11 is 1.17. The predicted molar refractivity (Wildman–Crippen MR) is 166 cm³/mol. The molecule has 2 aromatic rings. The molecule has 0 amide bonds. The van der Waals surface area contributed by atoms with E-state index >= 15 is 0 Å². The summed E-state index contributed by atoms with van der Waals surface area (Å²) in [6, 6.07) is 10.4. The maximum atomic E-state index is 11.2. The molecule has 1 heterocycles. The van der Waals surface area contributed by atoms with Gasteiger partial charge in [-0.05, 0) is 57.0 Å². The van der Waals surface area contributed by atoms with Gasteiger partial charge in [-0.25, -0.2) is 0 Å². The third-order valence-corrected chi connectivity index (χ3v) is 7.36. The second kappa shape index (κ2) is 21.1. The highest BCUT2D eigenvalue weighted by Gasteiger charge is 2.15. The van der Waals surface area contributed by atoms with Gasteiger partial charge in [-0.1, -0.05) is 0 Å². The topological polar surface area (TPSA) is 156 Å². The number of ether oxygens (including phenoxy) is 5. The summed E-state index contributed by atoms with van der Waals surface area (Å²) in [7, 11) is 0. The van der Waals surface area contributed by atoms with Crippen LogP contribution in [0.3, 0.4) is 0 Å².